The first kappa shape index (κ1) is 41.6. The predicted octanol–water partition coefficient (Wildman–Crippen LogP) is 13.7. The smallest absolute Gasteiger partial charge is 0.313 e. The van der Waals surface area contributed by atoms with Crippen molar-refractivity contribution in [2.45, 2.75) is 219 Å². The molecule has 0 unspecified atom stereocenters. The molecule has 0 aliphatic rings. The van der Waals surface area contributed by atoms with Crippen molar-refractivity contribution >= 4 is 11.9 Å². The van der Waals surface area contributed by atoms with E-state index in [0.717, 1.165) is 25.7 Å². The van der Waals surface area contributed by atoms with Gasteiger partial charge in [-0.1, -0.05) is 178 Å². The Morgan fingerprint density at radius 3 is 0.791 bits per heavy atom. The maximum absolute atomic E-state index is 11.9. The third-order valence-corrected chi connectivity index (χ3v) is 8.70. The molecule has 0 aromatic carbocycles. The number of unbranched alkanes of at least 4 members (excludes halogenated alkanes) is 28. The molecule has 0 bridgehead atoms. The second-order valence-corrected chi connectivity index (χ2v) is 13.0. The molecule has 0 aliphatic heterocycles. The van der Waals surface area contributed by atoms with Crippen molar-refractivity contribution < 1.29 is 14.3 Å². The normalized spacial score (nSPS) is 11.7. The van der Waals surface area contributed by atoms with Crippen LogP contribution in [0.5, 0.6) is 0 Å². The molecule has 0 fully saturated rings. The van der Waals surface area contributed by atoms with Gasteiger partial charge < -0.3 is 4.74 Å². The molecule has 0 saturated carbocycles. The summed E-state index contributed by atoms with van der Waals surface area (Å²) in [5.74, 6) is -0.653. The van der Waals surface area contributed by atoms with Crippen molar-refractivity contribution in [1.29, 1.82) is 0 Å². The average Bonchev–Trinajstić information content (AvgIpc) is 3.00. The van der Waals surface area contributed by atoms with E-state index in [1.54, 1.807) is 0 Å². The molecule has 43 heavy (non-hydrogen) atoms. The van der Waals surface area contributed by atoms with Gasteiger partial charge in [-0.05, 0) is 52.4 Å². The molecule has 0 aliphatic carbocycles. The zero-order valence-electron chi connectivity index (χ0n) is 29.2. The summed E-state index contributed by atoms with van der Waals surface area (Å²) in [6, 6.07) is 0. The van der Waals surface area contributed by atoms with Gasteiger partial charge in [-0.3, -0.25) is 9.59 Å². The lowest BCUT2D eigenvalue weighted by atomic mass is 10.0. The summed E-state index contributed by atoms with van der Waals surface area (Å²) in [7, 11) is 0. The van der Waals surface area contributed by atoms with E-state index in [-0.39, 0.29) is 11.9 Å². The molecule has 252 valence electrons. The quantitative estimate of drug-likeness (QED) is 0.0318. The van der Waals surface area contributed by atoms with Gasteiger partial charge in [0, 0.05) is 12.8 Å². The Bertz CT molecular complexity index is 582. The first-order valence-electron chi connectivity index (χ1n) is 19.2. The van der Waals surface area contributed by atoms with Crippen LogP contribution < -0.4 is 0 Å². The van der Waals surface area contributed by atoms with Gasteiger partial charge in [0.1, 0.15) is 0 Å². The van der Waals surface area contributed by atoms with Crippen LogP contribution in [0.2, 0.25) is 0 Å². The fourth-order valence-corrected chi connectivity index (χ4v) is 5.87. The second-order valence-electron chi connectivity index (χ2n) is 13.0. The number of carbonyl (C=O) groups excluding carboxylic acids is 2. The van der Waals surface area contributed by atoms with Gasteiger partial charge in [-0.25, -0.2) is 0 Å². The van der Waals surface area contributed by atoms with Crippen molar-refractivity contribution in [2.75, 3.05) is 0 Å². The Morgan fingerprint density at radius 2 is 0.558 bits per heavy atom. The lowest BCUT2D eigenvalue weighted by molar-refractivity contribution is -0.159. The summed E-state index contributed by atoms with van der Waals surface area (Å²) < 4.78 is 5.03. The predicted molar refractivity (Wildman–Crippen MR) is 188 cm³/mol. The Morgan fingerprint density at radius 1 is 0.349 bits per heavy atom. The maximum Gasteiger partial charge on any atom is 0.313 e. The van der Waals surface area contributed by atoms with Crippen molar-refractivity contribution in [3.63, 3.8) is 0 Å². The number of carbonyl (C=O) groups is 2. The minimum absolute atomic E-state index is 0.327. The number of ether oxygens (including phenoxy) is 1. The van der Waals surface area contributed by atoms with Gasteiger partial charge >= 0.3 is 11.9 Å². The third-order valence-electron chi connectivity index (χ3n) is 8.70. The first-order valence-corrected chi connectivity index (χ1v) is 19.2. The van der Waals surface area contributed by atoms with E-state index in [1.165, 1.54) is 167 Å². The highest BCUT2D eigenvalue weighted by atomic mass is 16.6. The minimum atomic E-state index is -0.327. The molecule has 0 N–H and O–H groups in total. The van der Waals surface area contributed by atoms with Crippen molar-refractivity contribution in [3.05, 3.63) is 24.3 Å². The molecule has 0 aromatic heterocycles. The topological polar surface area (TPSA) is 43.4 Å². The standard InChI is InChI=1S/C40H74O3/c1-3-5-7-9-11-13-15-17-19-21-23-25-27-29-31-33-35-37-39(41)43-40(42)38-36-34-32-30-28-26-24-22-20-18-16-14-12-10-8-6-4-2/h3-6H,7-38H2,1-2H3. The van der Waals surface area contributed by atoms with Gasteiger partial charge in [0.2, 0.25) is 0 Å². The Kier molecular flexibility index (Phi) is 35.6. The number of esters is 2. The minimum Gasteiger partial charge on any atom is -0.393 e. The third kappa shape index (κ3) is 36.7. The average molecular weight is 603 g/mol. The summed E-state index contributed by atoms with van der Waals surface area (Å²) in [5, 5.41) is 0. The molecule has 0 atom stereocenters. The Hall–Kier alpha value is -1.38. The zero-order chi connectivity index (χ0) is 31.3. The fraction of sp³-hybridized carbons (Fsp3) is 0.850. The van der Waals surface area contributed by atoms with E-state index >= 15 is 0 Å². The number of allylic oxidation sites excluding steroid dienone is 4. The van der Waals surface area contributed by atoms with Crippen LogP contribution in [0.3, 0.4) is 0 Å². The second kappa shape index (κ2) is 36.8. The molecule has 3 nitrogen and oxygen atoms in total. The van der Waals surface area contributed by atoms with Crippen molar-refractivity contribution in [2.24, 2.45) is 0 Å². The molecule has 0 saturated heterocycles. The zero-order valence-corrected chi connectivity index (χ0v) is 29.2. The van der Waals surface area contributed by atoms with Gasteiger partial charge in [0.15, 0.2) is 0 Å². The highest BCUT2D eigenvalue weighted by Crippen LogP contribution is 2.16. The summed E-state index contributed by atoms with van der Waals surface area (Å²) in [6.45, 7) is 4.21. The van der Waals surface area contributed by atoms with Crippen LogP contribution in [0.25, 0.3) is 0 Å². The summed E-state index contributed by atoms with van der Waals surface area (Å²) in [6.07, 6.45) is 48.4. The molecule has 0 amide bonds. The van der Waals surface area contributed by atoms with E-state index in [4.69, 9.17) is 4.74 Å². The van der Waals surface area contributed by atoms with Crippen molar-refractivity contribution in [1.82, 2.24) is 0 Å². The highest BCUT2D eigenvalue weighted by molar-refractivity contribution is 5.85. The van der Waals surface area contributed by atoms with Crippen molar-refractivity contribution in [3.8, 4) is 0 Å². The lowest BCUT2D eigenvalue weighted by Gasteiger charge is -2.05. The van der Waals surface area contributed by atoms with Crippen LogP contribution >= 0.6 is 0 Å². The van der Waals surface area contributed by atoms with Crippen LogP contribution in [0, 0.1) is 0 Å². The molecule has 0 rings (SSSR count). The number of rotatable bonds is 34. The highest BCUT2D eigenvalue weighted by Gasteiger charge is 2.10. The van der Waals surface area contributed by atoms with E-state index in [0.29, 0.717) is 12.8 Å². The summed E-state index contributed by atoms with van der Waals surface area (Å²) in [5.41, 5.74) is 0. The molecular weight excluding hydrogens is 528 g/mol. The van der Waals surface area contributed by atoms with Gasteiger partial charge in [0.25, 0.3) is 0 Å². The molecule has 0 aromatic rings. The van der Waals surface area contributed by atoms with Gasteiger partial charge in [-0.2, -0.15) is 0 Å². The van der Waals surface area contributed by atoms with Gasteiger partial charge in [-0.15, -0.1) is 0 Å². The Balaban J connectivity index is 3.28. The molecule has 0 spiro atoms. The van der Waals surface area contributed by atoms with E-state index in [9.17, 15) is 9.59 Å². The maximum atomic E-state index is 11.9. The van der Waals surface area contributed by atoms with E-state index in [2.05, 4.69) is 38.2 Å². The number of hydrogen-bond acceptors (Lipinski definition) is 3. The summed E-state index contributed by atoms with van der Waals surface area (Å²) in [4.78, 5) is 23.9. The number of hydrogen-bond donors (Lipinski definition) is 0. The summed E-state index contributed by atoms with van der Waals surface area (Å²) >= 11 is 0. The first-order chi connectivity index (χ1) is 21.2. The molecule has 3 heteroatoms. The fourth-order valence-electron chi connectivity index (χ4n) is 5.87. The lowest BCUT2D eigenvalue weighted by Crippen LogP contribution is -2.11. The van der Waals surface area contributed by atoms with Crippen LogP contribution in [0.15, 0.2) is 24.3 Å². The largest absolute Gasteiger partial charge is 0.393 e. The Labute approximate surface area is 269 Å². The van der Waals surface area contributed by atoms with E-state index < -0.39 is 0 Å². The van der Waals surface area contributed by atoms with Crippen LogP contribution in [0.1, 0.15) is 219 Å². The van der Waals surface area contributed by atoms with Crippen LogP contribution in [-0.4, -0.2) is 11.9 Å². The monoisotopic (exact) mass is 603 g/mol. The van der Waals surface area contributed by atoms with E-state index in [1.807, 2.05) is 0 Å². The molecular formula is C40H74O3. The van der Waals surface area contributed by atoms with Crippen LogP contribution in [0.4, 0.5) is 0 Å². The van der Waals surface area contributed by atoms with Crippen LogP contribution in [-0.2, 0) is 14.3 Å². The molecule has 0 heterocycles. The molecule has 0 radical (unpaired) electrons. The SMILES string of the molecule is CC=CCCCCCCCCCCCCCCCCC(=O)OC(=O)CCCCCCCCCCCCCCCCC=CC. The van der Waals surface area contributed by atoms with Gasteiger partial charge in [0.05, 0.1) is 0 Å².